The number of benzene rings is 2. The number of carbonyl (C=O) groups is 1. The van der Waals surface area contributed by atoms with Crippen LogP contribution in [0.15, 0.2) is 53.0 Å². The Bertz CT molecular complexity index is 632. The first-order valence-corrected chi connectivity index (χ1v) is 8.07. The third kappa shape index (κ3) is 6.38. The molecule has 0 bridgehead atoms. The molecule has 0 heterocycles. The number of quaternary nitrogens is 1. The van der Waals surface area contributed by atoms with Gasteiger partial charge in [0.25, 0.3) is 5.91 Å². The molecule has 0 saturated carbocycles. The standard InChI is InChI=1S/C17H18BrFN2O2/c1-21(10-11-23-16-8-2-13(18)3-9-16)12-17(22)20-15-6-4-14(19)5-7-15/h2-9H,10-12H2,1H3,(H,20,22)/p+1. The molecule has 122 valence electrons. The molecule has 1 atom stereocenters. The van der Waals surface area contributed by atoms with Crippen molar-refractivity contribution in [1.29, 1.82) is 0 Å². The summed E-state index contributed by atoms with van der Waals surface area (Å²) in [5, 5.41) is 2.74. The predicted octanol–water partition coefficient (Wildman–Crippen LogP) is 2.12. The molecule has 1 unspecified atom stereocenters. The van der Waals surface area contributed by atoms with Gasteiger partial charge in [-0.2, -0.15) is 0 Å². The Hall–Kier alpha value is -1.92. The van der Waals surface area contributed by atoms with Crippen LogP contribution in [0.5, 0.6) is 5.75 Å². The topological polar surface area (TPSA) is 42.8 Å². The number of rotatable bonds is 7. The molecule has 23 heavy (non-hydrogen) atoms. The molecule has 0 fully saturated rings. The second-order valence-electron chi connectivity index (χ2n) is 5.24. The SMILES string of the molecule is C[NH+](CCOc1ccc(Br)cc1)CC(=O)Nc1ccc(F)cc1. The molecule has 0 aliphatic rings. The van der Waals surface area contributed by atoms with Gasteiger partial charge in [-0.25, -0.2) is 4.39 Å². The van der Waals surface area contributed by atoms with E-state index in [9.17, 15) is 9.18 Å². The van der Waals surface area contributed by atoms with Crippen molar-refractivity contribution in [2.24, 2.45) is 0 Å². The second-order valence-corrected chi connectivity index (χ2v) is 6.16. The first-order valence-electron chi connectivity index (χ1n) is 7.28. The summed E-state index contributed by atoms with van der Waals surface area (Å²) < 4.78 is 19.4. The van der Waals surface area contributed by atoms with E-state index in [0.717, 1.165) is 15.1 Å². The number of nitrogens with one attached hydrogen (secondary N) is 2. The summed E-state index contributed by atoms with van der Waals surface area (Å²) in [6.45, 7) is 1.55. The molecular weight excluding hydrogens is 363 g/mol. The fraction of sp³-hybridized carbons (Fsp3) is 0.235. The van der Waals surface area contributed by atoms with Crippen LogP contribution in [0.2, 0.25) is 0 Å². The van der Waals surface area contributed by atoms with Crippen LogP contribution in [0.4, 0.5) is 10.1 Å². The quantitative estimate of drug-likeness (QED) is 0.771. The first kappa shape index (κ1) is 17.4. The molecule has 0 aromatic heterocycles. The summed E-state index contributed by atoms with van der Waals surface area (Å²) >= 11 is 3.37. The number of halogens is 2. The van der Waals surface area contributed by atoms with Crippen molar-refractivity contribution < 1.29 is 18.8 Å². The molecule has 0 aliphatic heterocycles. The second kappa shape index (κ2) is 8.64. The van der Waals surface area contributed by atoms with Gasteiger partial charge in [0, 0.05) is 10.2 Å². The smallest absolute Gasteiger partial charge is 0.279 e. The largest absolute Gasteiger partial charge is 0.488 e. The van der Waals surface area contributed by atoms with Crippen LogP contribution in [0.25, 0.3) is 0 Å². The van der Waals surface area contributed by atoms with Gasteiger partial charge in [0.05, 0.1) is 7.05 Å². The summed E-state index contributed by atoms with van der Waals surface area (Å²) in [6.07, 6.45) is 0. The van der Waals surface area contributed by atoms with Crippen molar-refractivity contribution in [2.45, 2.75) is 0 Å². The van der Waals surface area contributed by atoms with E-state index in [1.807, 2.05) is 31.3 Å². The molecular formula is C17H19BrFN2O2+. The Balaban J connectivity index is 1.69. The van der Waals surface area contributed by atoms with Crippen LogP contribution in [-0.4, -0.2) is 32.7 Å². The van der Waals surface area contributed by atoms with Gasteiger partial charge >= 0.3 is 0 Å². The normalized spacial score (nSPS) is 11.8. The van der Waals surface area contributed by atoms with E-state index in [-0.39, 0.29) is 11.7 Å². The van der Waals surface area contributed by atoms with Gasteiger partial charge in [-0.1, -0.05) is 15.9 Å². The van der Waals surface area contributed by atoms with E-state index < -0.39 is 0 Å². The molecule has 4 nitrogen and oxygen atoms in total. The molecule has 2 aromatic rings. The van der Waals surface area contributed by atoms with Crippen LogP contribution < -0.4 is 15.0 Å². The van der Waals surface area contributed by atoms with Crippen LogP contribution >= 0.6 is 15.9 Å². The monoisotopic (exact) mass is 381 g/mol. The summed E-state index contributed by atoms with van der Waals surface area (Å²) in [6, 6.07) is 13.3. The van der Waals surface area contributed by atoms with Crippen LogP contribution in [-0.2, 0) is 4.79 Å². The molecule has 0 spiro atoms. The number of ether oxygens (including phenoxy) is 1. The Kier molecular flexibility index (Phi) is 6.55. The van der Waals surface area contributed by atoms with Crippen LogP contribution in [0, 0.1) is 5.82 Å². The fourth-order valence-corrected chi connectivity index (χ4v) is 2.24. The van der Waals surface area contributed by atoms with Crippen LogP contribution in [0.3, 0.4) is 0 Å². The third-order valence-electron chi connectivity index (χ3n) is 3.20. The third-order valence-corrected chi connectivity index (χ3v) is 3.73. The Morgan fingerprint density at radius 3 is 2.48 bits per heavy atom. The number of likely N-dealkylation sites (N-methyl/N-ethyl adjacent to an activating group) is 1. The lowest BCUT2D eigenvalue weighted by molar-refractivity contribution is -0.871. The minimum atomic E-state index is -0.323. The van der Waals surface area contributed by atoms with E-state index in [4.69, 9.17) is 4.74 Å². The summed E-state index contributed by atoms with van der Waals surface area (Å²) in [5.41, 5.74) is 0.593. The maximum Gasteiger partial charge on any atom is 0.279 e. The number of anilines is 1. The zero-order valence-corrected chi connectivity index (χ0v) is 14.4. The maximum absolute atomic E-state index is 12.8. The van der Waals surface area contributed by atoms with Crippen molar-refractivity contribution in [1.82, 2.24) is 0 Å². The Labute approximate surface area is 143 Å². The summed E-state index contributed by atoms with van der Waals surface area (Å²) in [7, 11) is 1.93. The summed E-state index contributed by atoms with van der Waals surface area (Å²) in [4.78, 5) is 12.9. The maximum atomic E-state index is 12.8. The number of hydrogen-bond acceptors (Lipinski definition) is 2. The van der Waals surface area contributed by atoms with Gasteiger partial charge in [-0.05, 0) is 48.5 Å². The minimum Gasteiger partial charge on any atom is -0.488 e. The zero-order valence-electron chi connectivity index (χ0n) is 12.8. The van der Waals surface area contributed by atoms with Crippen molar-refractivity contribution in [3.05, 3.63) is 58.8 Å². The molecule has 6 heteroatoms. The van der Waals surface area contributed by atoms with Gasteiger partial charge in [0.15, 0.2) is 6.54 Å². The van der Waals surface area contributed by atoms with Gasteiger partial charge in [-0.15, -0.1) is 0 Å². The average Bonchev–Trinajstić information content (AvgIpc) is 2.51. The van der Waals surface area contributed by atoms with E-state index in [0.29, 0.717) is 25.4 Å². The predicted molar refractivity (Wildman–Crippen MR) is 91.3 cm³/mol. The lowest BCUT2D eigenvalue weighted by Crippen LogP contribution is -3.10. The Morgan fingerprint density at radius 1 is 1.17 bits per heavy atom. The van der Waals surface area contributed by atoms with E-state index in [1.54, 1.807) is 12.1 Å². The van der Waals surface area contributed by atoms with Gasteiger partial charge in [-0.3, -0.25) is 4.79 Å². The van der Waals surface area contributed by atoms with Crippen molar-refractivity contribution >= 4 is 27.5 Å². The lowest BCUT2D eigenvalue weighted by Gasteiger charge is -2.14. The highest BCUT2D eigenvalue weighted by Crippen LogP contribution is 2.15. The molecule has 2 rings (SSSR count). The van der Waals surface area contributed by atoms with E-state index in [2.05, 4.69) is 21.2 Å². The number of carbonyl (C=O) groups excluding carboxylic acids is 1. The Morgan fingerprint density at radius 2 is 1.83 bits per heavy atom. The van der Waals surface area contributed by atoms with Gasteiger partial charge in [0.2, 0.25) is 0 Å². The van der Waals surface area contributed by atoms with Crippen molar-refractivity contribution in [3.8, 4) is 5.75 Å². The fourth-order valence-electron chi connectivity index (χ4n) is 1.97. The highest BCUT2D eigenvalue weighted by molar-refractivity contribution is 9.10. The molecule has 2 N–H and O–H groups in total. The van der Waals surface area contributed by atoms with Gasteiger partial charge in [0.1, 0.15) is 24.7 Å². The first-order chi connectivity index (χ1) is 11.0. The highest BCUT2D eigenvalue weighted by Gasteiger charge is 2.10. The van der Waals surface area contributed by atoms with Crippen LogP contribution in [0.1, 0.15) is 0 Å². The molecule has 0 saturated heterocycles. The van der Waals surface area contributed by atoms with Gasteiger partial charge < -0.3 is 15.0 Å². The van der Waals surface area contributed by atoms with Crippen molar-refractivity contribution in [3.63, 3.8) is 0 Å². The van der Waals surface area contributed by atoms with Crippen molar-refractivity contribution in [2.75, 3.05) is 32.1 Å². The summed E-state index contributed by atoms with van der Waals surface area (Å²) in [5.74, 6) is 0.366. The lowest BCUT2D eigenvalue weighted by atomic mass is 10.3. The van der Waals surface area contributed by atoms with E-state index >= 15 is 0 Å². The zero-order chi connectivity index (χ0) is 16.7. The average molecular weight is 382 g/mol. The number of amides is 1. The molecule has 0 radical (unpaired) electrons. The molecule has 2 aromatic carbocycles. The van der Waals surface area contributed by atoms with E-state index in [1.165, 1.54) is 12.1 Å². The minimum absolute atomic E-state index is 0.113. The number of hydrogen-bond donors (Lipinski definition) is 2. The molecule has 0 aliphatic carbocycles. The molecule has 1 amide bonds. The highest BCUT2D eigenvalue weighted by atomic mass is 79.9.